The van der Waals surface area contributed by atoms with E-state index in [1.807, 2.05) is 36.4 Å². The number of carbonyl (C=O) groups excluding carboxylic acids is 3. The van der Waals surface area contributed by atoms with E-state index in [1.54, 1.807) is 17.5 Å². The van der Waals surface area contributed by atoms with Gasteiger partial charge in [-0.1, -0.05) is 42.1 Å². The first-order valence-corrected chi connectivity index (χ1v) is 11.7. The molecule has 168 valence electrons. The molecule has 2 aromatic carbocycles. The third-order valence-electron chi connectivity index (χ3n) is 4.68. The van der Waals surface area contributed by atoms with Gasteiger partial charge < -0.3 is 20.2 Å². The fourth-order valence-electron chi connectivity index (χ4n) is 2.99. The van der Waals surface area contributed by atoms with Gasteiger partial charge in [0.2, 0.25) is 0 Å². The normalized spacial score (nSPS) is 11.8. The molecule has 0 saturated heterocycles. The number of esters is 1. The Balaban J connectivity index is 1.41. The van der Waals surface area contributed by atoms with Crippen molar-refractivity contribution in [1.29, 1.82) is 0 Å². The number of para-hydroxylation sites is 2. The number of oxazole rings is 1. The van der Waals surface area contributed by atoms with Crippen LogP contribution in [0.5, 0.6) is 0 Å². The molecule has 2 amide bonds. The lowest BCUT2D eigenvalue weighted by Gasteiger charge is -2.15. The van der Waals surface area contributed by atoms with Crippen molar-refractivity contribution in [3.8, 4) is 0 Å². The summed E-state index contributed by atoms with van der Waals surface area (Å²) >= 11 is 2.51. The second-order valence-corrected chi connectivity index (χ2v) is 8.80. The number of fused-ring (bicyclic) bond motifs is 1. The fraction of sp³-hybridized carbons (Fsp3) is 0.130. The van der Waals surface area contributed by atoms with Gasteiger partial charge in [0.05, 0.1) is 11.1 Å². The number of hydrogen-bond donors (Lipinski definition) is 2. The number of thioether (sulfide) groups is 1. The lowest BCUT2D eigenvalue weighted by molar-refractivity contribution is -0.123. The topological polar surface area (TPSA) is 125 Å². The summed E-state index contributed by atoms with van der Waals surface area (Å²) < 4.78 is 11.1. The highest BCUT2D eigenvalue weighted by molar-refractivity contribution is 7.98. The van der Waals surface area contributed by atoms with Gasteiger partial charge in [-0.25, -0.2) is 9.78 Å². The lowest BCUT2D eigenvalue weighted by Crippen LogP contribution is -2.30. The summed E-state index contributed by atoms with van der Waals surface area (Å²) in [6.07, 6.45) is -1.09. The van der Waals surface area contributed by atoms with Crippen LogP contribution < -0.4 is 11.1 Å². The van der Waals surface area contributed by atoms with E-state index in [0.717, 1.165) is 22.4 Å². The van der Waals surface area contributed by atoms with Gasteiger partial charge in [0.15, 0.2) is 11.7 Å². The molecule has 1 unspecified atom stereocenters. The second kappa shape index (κ2) is 9.88. The van der Waals surface area contributed by atoms with Crippen molar-refractivity contribution in [3.63, 3.8) is 0 Å². The number of primary amides is 1. The van der Waals surface area contributed by atoms with E-state index in [4.69, 9.17) is 14.9 Å². The predicted molar refractivity (Wildman–Crippen MR) is 126 cm³/mol. The first-order chi connectivity index (χ1) is 15.9. The highest BCUT2D eigenvalue weighted by Crippen LogP contribution is 2.28. The maximum atomic E-state index is 12.8. The molecule has 0 aliphatic rings. The molecule has 2 heterocycles. The van der Waals surface area contributed by atoms with Crippen LogP contribution in [0.25, 0.3) is 11.1 Å². The van der Waals surface area contributed by atoms with Gasteiger partial charge in [0.25, 0.3) is 17.0 Å². The van der Waals surface area contributed by atoms with Crippen molar-refractivity contribution in [1.82, 2.24) is 4.98 Å². The third-order valence-corrected chi connectivity index (χ3v) is 6.39. The van der Waals surface area contributed by atoms with Crippen molar-refractivity contribution in [2.45, 2.75) is 24.0 Å². The fourth-order valence-corrected chi connectivity index (χ4v) is 4.63. The van der Waals surface area contributed by atoms with E-state index in [1.165, 1.54) is 24.8 Å². The third kappa shape index (κ3) is 5.24. The van der Waals surface area contributed by atoms with Gasteiger partial charge in [0, 0.05) is 5.75 Å². The average molecular weight is 482 g/mol. The van der Waals surface area contributed by atoms with Crippen LogP contribution in [0.1, 0.15) is 33.2 Å². The SMILES string of the molecule is CC(OC(=O)c1ccccc1CSc1nc2ccccc2o1)C(=O)Nc1sccc1C(N)=O. The number of ether oxygens (including phenoxy) is 1. The smallest absolute Gasteiger partial charge is 0.339 e. The summed E-state index contributed by atoms with van der Waals surface area (Å²) in [6, 6.07) is 16.0. The van der Waals surface area contributed by atoms with E-state index < -0.39 is 23.9 Å². The number of amides is 2. The Labute approximate surface area is 197 Å². The molecule has 0 saturated carbocycles. The summed E-state index contributed by atoms with van der Waals surface area (Å²) in [4.78, 5) is 41.1. The quantitative estimate of drug-likeness (QED) is 0.281. The number of carbonyl (C=O) groups is 3. The number of rotatable bonds is 8. The minimum absolute atomic E-state index is 0.202. The highest BCUT2D eigenvalue weighted by atomic mass is 32.2. The van der Waals surface area contributed by atoms with Crippen LogP contribution in [-0.2, 0) is 15.3 Å². The minimum atomic E-state index is -1.09. The molecule has 0 bridgehead atoms. The monoisotopic (exact) mass is 481 g/mol. The average Bonchev–Trinajstić information content (AvgIpc) is 3.44. The maximum absolute atomic E-state index is 12.8. The van der Waals surface area contributed by atoms with Crippen molar-refractivity contribution in [3.05, 3.63) is 76.7 Å². The summed E-state index contributed by atoms with van der Waals surface area (Å²) in [5.74, 6) is -1.42. The second-order valence-electron chi connectivity index (χ2n) is 6.96. The number of anilines is 1. The molecule has 8 nitrogen and oxygen atoms in total. The Bertz CT molecular complexity index is 1300. The summed E-state index contributed by atoms with van der Waals surface area (Å²) in [6.45, 7) is 1.46. The molecule has 3 N–H and O–H groups in total. The van der Waals surface area contributed by atoms with E-state index >= 15 is 0 Å². The standard InChI is InChI=1S/C23H19N3O5S2/c1-13(20(28)26-21-16(19(24)27)10-11-32-21)30-22(29)15-7-3-2-6-14(15)12-33-23-25-17-8-4-5-9-18(17)31-23/h2-11,13H,12H2,1H3,(H2,24,27)(H,26,28). The number of thiophene rings is 1. The van der Waals surface area contributed by atoms with Crippen LogP contribution in [0.4, 0.5) is 5.00 Å². The molecule has 33 heavy (non-hydrogen) atoms. The molecule has 0 aliphatic heterocycles. The zero-order chi connectivity index (χ0) is 23.4. The molecular weight excluding hydrogens is 462 g/mol. The van der Waals surface area contributed by atoms with Crippen molar-refractivity contribution in [2.75, 3.05) is 5.32 Å². The molecule has 0 fully saturated rings. The Hall–Kier alpha value is -3.63. The van der Waals surface area contributed by atoms with Crippen molar-refractivity contribution < 1.29 is 23.5 Å². The summed E-state index contributed by atoms with van der Waals surface area (Å²) in [5, 5.41) is 5.02. The molecule has 4 rings (SSSR count). The van der Waals surface area contributed by atoms with Crippen LogP contribution in [0, 0.1) is 0 Å². The van der Waals surface area contributed by atoms with E-state index in [2.05, 4.69) is 10.3 Å². The number of nitrogens with two attached hydrogens (primary N) is 1. The Kier molecular flexibility index (Phi) is 6.76. The van der Waals surface area contributed by atoms with Gasteiger partial charge in [-0.15, -0.1) is 11.3 Å². The minimum Gasteiger partial charge on any atom is -0.449 e. The Morgan fingerprint density at radius 3 is 2.67 bits per heavy atom. The summed E-state index contributed by atoms with van der Waals surface area (Å²) in [5.41, 5.74) is 8.01. The molecule has 0 aliphatic carbocycles. The van der Waals surface area contributed by atoms with Gasteiger partial charge in [0.1, 0.15) is 10.5 Å². The van der Waals surface area contributed by atoms with Gasteiger partial charge in [-0.2, -0.15) is 0 Å². The number of nitrogens with zero attached hydrogens (tertiary/aromatic N) is 1. The van der Waals surface area contributed by atoms with Crippen LogP contribution in [0.15, 0.2) is 69.6 Å². The first-order valence-electron chi connectivity index (χ1n) is 9.88. The Morgan fingerprint density at radius 1 is 1.12 bits per heavy atom. The van der Waals surface area contributed by atoms with Gasteiger partial charge in [-0.05, 0) is 42.1 Å². The highest BCUT2D eigenvalue weighted by Gasteiger charge is 2.23. The molecular formula is C23H19N3O5S2. The molecule has 4 aromatic rings. The number of aromatic nitrogens is 1. The van der Waals surface area contributed by atoms with E-state index in [-0.39, 0.29) is 5.56 Å². The lowest BCUT2D eigenvalue weighted by atomic mass is 10.1. The van der Waals surface area contributed by atoms with Gasteiger partial charge >= 0.3 is 5.97 Å². The van der Waals surface area contributed by atoms with Crippen molar-refractivity contribution in [2.24, 2.45) is 5.73 Å². The number of nitrogens with one attached hydrogen (secondary N) is 1. The Morgan fingerprint density at radius 2 is 1.88 bits per heavy atom. The van der Waals surface area contributed by atoms with E-state index in [0.29, 0.717) is 27.1 Å². The number of hydrogen-bond acceptors (Lipinski definition) is 8. The molecule has 0 radical (unpaired) electrons. The van der Waals surface area contributed by atoms with Crippen LogP contribution >= 0.6 is 23.1 Å². The van der Waals surface area contributed by atoms with Crippen LogP contribution in [0.2, 0.25) is 0 Å². The number of benzene rings is 2. The summed E-state index contributed by atoms with van der Waals surface area (Å²) in [7, 11) is 0. The zero-order valence-corrected chi connectivity index (χ0v) is 19.1. The van der Waals surface area contributed by atoms with Crippen molar-refractivity contribution >= 4 is 57.0 Å². The molecule has 2 aromatic heterocycles. The van der Waals surface area contributed by atoms with Crippen LogP contribution in [-0.4, -0.2) is 28.9 Å². The molecule has 10 heteroatoms. The molecule has 0 spiro atoms. The maximum Gasteiger partial charge on any atom is 0.339 e. The first kappa shape index (κ1) is 22.6. The van der Waals surface area contributed by atoms with Gasteiger partial charge in [-0.3, -0.25) is 9.59 Å². The predicted octanol–water partition coefficient (Wildman–Crippen LogP) is 4.46. The largest absolute Gasteiger partial charge is 0.449 e. The van der Waals surface area contributed by atoms with Crippen LogP contribution in [0.3, 0.4) is 0 Å². The molecule has 1 atom stereocenters. The van der Waals surface area contributed by atoms with E-state index in [9.17, 15) is 14.4 Å². The zero-order valence-electron chi connectivity index (χ0n) is 17.4.